The van der Waals surface area contributed by atoms with Crippen LogP contribution in [0.1, 0.15) is 44.7 Å². The van der Waals surface area contributed by atoms with E-state index in [4.69, 9.17) is 4.74 Å². The minimum atomic E-state index is -0.637. The molecule has 1 fully saturated rings. The zero-order valence-electron chi connectivity index (χ0n) is 17.5. The van der Waals surface area contributed by atoms with Gasteiger partial charge in [0.05, 0.1) is 23.1 Å². The molecule has 2 atom stereocenters. The minimum absolute atomic E-state index is 0.200. The van der Waals surface area contributed by atoms with E-state index in [0.717, 1.165) is 11.1 Å². The first kappa shape index (κ1) is 20.7. The van der Waals surface area contributed by atoms with Crippen LogP contribution in [0.5, 0.6) is 0 Å². The van der Waals surface area contributed by atoms with E-state index in [9.17, 15) is 19.2 Å². The van der Waals surface area contributed by atoms with Gasteiger partial charge in [0.1, 0.15) is 0 Å². The van der Waals surface area contributed by atoms with Gasteiger partial charge in [0.2, 0.25) is 17.6 Å². The van der Waals surface area contributed by atoms with Gasteiger partial charge < -0.3 is 4.74 Å². The largest absolute Gasteiger partial charge is 0.454 e. The lowest BCUT2D eigenvalue weighted by molar-refractivity contribution is -0.122. The Morgan fingerprint density at radius 3 is 2.16 bits per heavy atom. The van der Waals surface area contributed by atoms with E-state index in [1.54, 1.807) is 18.2 Å². The van der Waals surface area contributed by atoms with E-state index in [1.807, 2.05) is 38.1 Å². The Kier molecular flexibility index (Phi) is 5.55. The third kappa shape index (κ3) is 3.93. The Balaban J connectivity index is 1.42. The number of anilines is 1. The summed E-state index contributed by atoms with van der Waals surface area (Å²) in [6, 6.07) is 11.7. The molecule has 1 aliphatic heterocycles. The van der Waals surface area contributed by atoms with Crippen molar-refractivity contribution < 1.29 is 23.9 Å². The summed E-state index contributed by atoms with van der Waals surface area (Å²) in [5.41, 5.74) is 3.00. The van der Waals surface area contributed by atoms with E-state index >= 15 is 0 Å². The molecule has 0 bridgehead atoms. The van der Waals surface area contributed by atoms with E-state index in [-0.39, 0.29) is 41.6 Å². The quantitative estimate of drug-likeness (QED) is 0.320. The van der Waals surface area contributed by atoms with Crippen molar-refractivity contribution in [2.24, 2.45) is 11.8 Å². The first-order valence-corrected chi connectivity index (χ1v) is 10.3. The van der Waals surface area contributed by atoms with Crippen LogP contribution >= 0.6 is 0 Å². The number of ketones is 1. The van der Waals surface area contributed by atoms with Crippen LogP contribution in [0.25, 0.3) is 0 Å². The number of allylic oxidation sites excluding steroid dienone is 2. The van der Waals surface area contributed by atoms with Gasteiger partial charge in [-0.05, 0) is 62.6 Å². The molecule has 2 aromatic rings. The molecule has 1 saturated heterocycles. The number of imide groups is 1. The van der Waals surface area contributed by atoms with Crippen molar-refractivity contribution in [1.82, 2.24) is 0 Å². The van der Waals surface area contributed by atoms with Crippen LogP contribution < -0.4 is 4.90 Å². The van der Waals surface area contributed by atoms with Crippen LogP contribution in [0.2, 0.25) is 0 Å². The smallest absolute Gasteiger partial charge is 0.338 e. The van der Waals surface area contributed by atoms with Gasteiger partial charge in [-0.25, -0.2) is 4.79 Å². The molecule has 6 heteroatoms. The first-order valence-electron chi connectivity index (χ1n) is 10.3. The van der Waals surface area contributed by atoms with Crippen LogP contribution in [0, 0.1) is 25.7 Å². The van der Waals surface area contributed by atoms with Crippen LogP contribution in [0.4, 0.5) is 5.69 Å². The number of amides is 2. The highest BCUT2D eigenvalue weighted by Gasteiger charge is 2.47. The molecule has 6 nitrogen and oxygen atoms in total. The predicted octanol–water partition coefficient (Wildman–Crippen LogP) is 3.80. The maximum atomic E-state index is 12.7. The number of fused-ring (bicyclic) bond motifs is 1. The average molecular weight is 417 g/mol. The molecule has 0 N–H and O–H groups in total. The maximum Gasteiger partial charge on any atom is 0.338 e. The summed E-state index contributed by atoms with van der Waals surface area (Å²) >= 11 is 0. The normalized spacial score (nSPS) is 20.0. The van der Waals surface area contributed by atoms with Gasteiger partial charge in [-0.1, -0.05) is 29.8 Å². The van der Waals surface area contributed by atoms with Crippen LogP contribution in [0.15, 0.2) is 54.6 Å². The van der Waals surface area contributed by atoms with Gasteiger partial charge in [-0.15, -0.1) is 0 Å². The van der Waals surface area contributed by atoms with Crippen molar-refractivity contribution in [3.8, 4) is 0 Å². The molecule has 0 aromatic heterocycles. The topological polar surface area (TPSA) is 80.8 Å². The number of hydrogen-bond acceptors (Lipinski definition) is 5. The number of Topliss-reactive ketones (excluding diaryl/α,β-unsaturated/α-hetero) is 1. The molecule has 2 aromatic carbocycles. The second kappa shape index (κ2) is 8.30. The van der Waals surface area contributed by atoms with Crippen molar-refractivity contribution in [1.29, 1.82) is 0 Å². The lowest BCUT2D eigenvalue weighted by Crippen LogP contribution is -2.30. The summed E-state index contributed by atoms with van der Waals surface area (Å²) in [5.74, 6) is -1.92. The Bertz CT molecular complexity index is 1070. The fraction of sp³-hybridized carbons (Fsp3) is 0.280. The standard InChI is InChI=1S/C25H23NO5/c1-15-7-8-16(2)21(13-15)22(27)14-31-25(30)17-9-11-18(12-10-17)26-23(28)19-5-3-4-6-20(19)24(26)29/h3-4,7-13,19-20H,5-6,14H2,1-2H3/t19-,20-/m1/s1. The van der Waals surface area contributed by atoms with Gasteiger partial charge in [-0.3, -0.25) is 19.3 Å². The molecule has 2 aliphatic rings. The van der Waals surface area contributed by atoms with Gasteiger partial charge in [0.15, 0.2) is 6.61 Å². The number of nitrogens with zero attached hydrogens (tertiary/aromatic N) is 1. The summed E-state index contributed by atoms with van der Waals surface area (Å²) < 4.78 is 5.18. The molecule has 0 unspecified atom stereocenters. The summed E-state index contributed by atoms with van der Waals surface area (Å²) in [6.07, 6.45) is 5.03. The third-order valence-electron chi connectivity index (χ3n) is 5.90. The van der Waals surface area contributed by atoms with E-state index in [1.165, 1.54) is 17.0 Å². The number of carbonyl (C=O) groups is 4. The van der Waals surface area contributed by atoms with Crippen LogP contribution in [-0.4, -0.2) is 30.2 Å². The molecule has 1 heterocycles. The molecule has 158 valence electrons. The summed E-state index contributed by atoms with van der Waals surface area (Å²) in [7, 11) is 0. The molecule has 0 radical (unpaired) electrons. The number of ether oxygens (including phenoxy) is 1. The molecular weight excluding hydrogens is 394 g/mol. The summed E-state index contributed by atoms with van der Waals surface area (Å²) in [5, 5.41) is 0. The Morgan fingerprint density at radius 1 is 0.935 bits per heavy atom. The maximum absolute atomic E-state index is 12.7. The zero-order valence-corrected chi connectivity index (χ0v) is 17.5. The SMILES string of the molecule is Cc1ccc(C)c(C(=O)COC(=O)c2ccc(N3C(=O)[C@@H]4CC=CC[C@H]4C3=O)cc2)c1. The van der Waals surface area contributed by atoms with Gasteiger partial charge >= 0.3 is 5.97 Å². The number of rotatable bonds is 5. The van der Waals surface area contributed by atoms with E-state index in [0.29, 0.717) is 24.1 Å². The van der Waals surface area contributed by atoms with Crippen molar-refractivity contribution in [3.63, 3.8) is 0 Å². The molecule has 1 aliphatic carbocycles. The van der Waals surface area contributed by atoms with Crippen LogP contribution in [0.3, 0.4) is 0 Å². The molecule has 31 heavy (non-hydrogen) atoms. The molecule has 2 amide bonds. The average Bonchev–Trinajstić information content (AvgIpc) is 3.04. The zero-order chi connectivity index (χ0) is 22.1. The lowest BCUT2D eigenvalue weighted by Gasteiger charge is -2.15. The van der Waals surface area contributed by atoms with Crippen molar-refractivity contribution in [2.75, 3.05) is 11.5 Å². The Hall–Kier alpha value is -3.54. The van der Waals surface area contributed by atoms with Gasteiger partial charge in [0.25, 0.3) is 0 Å². The minimum Gasteiger partial charge on any atom is -0.454 e. The van der Waals surface area contributed by atoms with Crippen molar-refractivity contribution in [3.05, 3.63) is 76.9 Å². The Morgan fingerprint density at radius 2 is 1.55 bits per heavy atom. The summed E-state index contributed by atoms with van der Waals surface area (Å²) in [6.45, 7) is 3.37. The second-order valence-electron chi connectivity index (χ2n) is 8.03. The monoisotopic (exact) mass is 417 g/mol. The third-order valence-corrected chi connectivity index (χ3v) is 5.90. The highest BCUT2D eigenvalue weighted by molar-refractivity contribution is 6.22. The molecule has 4 rings (SSSR count). The number of aryl methyl sites for hydroxylation is 2. The fourth-order valence-electron chi connectivity index (χ4n) is 4.13. The molecule has 0 saturated carbocycles. The summed E-state index contributed by atoms with van der Waals surface area (Å²) in [4.78, 5) is 51.3. The van der Waals surface area contributed by atoms with E-state index < -0.39 is 5.97 Å². The van der Waals surface area contributed by atoms with Crippen LogP contribution in [-0.2, 0) is 14.3 Å². The van der Waals surface area contributed by atoms with Crippen molar-refractivity contribution in [2.45, 2.75) is 26.7 Å². The number of carbonyl (C=O) groups excluding carboxylic acids is 4. The van der Waals surface area contributed by atoms with Gasteiger partial charge in [-0.2, -0.15) is 0 Å². The lowest BCUT2D eigenvalue weighted by atomic mass is 9.85. The first-order chi connectivity index (χ1) is 14.9. The second-order valence-corrected chi connectivity index (χ2v) is 8.03. The van der Waals surface area contributed by atoms with Crippen molar-refractivity contribution >= 4 is 29.3 Å². The van der Waals surface area contributed by atoms with Gasteiger partial charge in [0, 0.05) is 5.56 Å². The molecular formula is C25H23NO5. The predicted molar refractivity (Wildman–Crippen MR) is 115 cm³/mol. The fourth-order valence-corrected chi connectivity index (χ4v) is 4.13. The highest BCUT2D eigenvalue weighted by Crippen LogP contribution is 2.37. The highest BCUT2D eigenvalue weighted by atomic mass is 16.5. The number of esters is 1. The number of hydrogen-bond donors (Lipinski definition) is 0. The van der Waals surface area contributed by atoms with E-state index in [2.05, 4.69) is 0 Å². The Labute approximate surface area is 180 Å². The molecule has 0 spiro atoms. The number of benzene rings is 2.